The number of carbonyl (C=O) groups excluding carboxylic acids is 1. The molecule has 4 heteroatoms. The highest BCUT2D eigenvalue weighted by Gasteiger charge is 2.46. The first-order valence-corrected chi connectivity index (χ1v) is 8.12. The Morgan fingerprint density at radius 1 is 1.00 bits per heavy atom. The van der Waals surface area contributed by atoms with Gasteiger partial charge in [-0.3, -0.25) is 4.79 Å². The number of Topliss-reactive ketones (excluding diaryl/α,β-unsaturated/α-hetero) is 1. The quantitative estimate of drug-likeness (QED) is 0.844. The van der Waals surface area contributed by atoms with E-state index in [1.807, 2.05) is 0 Å². The van der Waals surface area contributed by atoms with Crippen LogP contribution in [0.1, 0.15) is 57.8 Å². The fraction of sp³-hybridized carbons (Fsp3) is 0.938. The van der Waals surface area contributed by atoms with Crippen LogP contribution in [0.2, 0.25) is 0 Å². The number of hydrogen-bond donors (Lipinski definition) is 1. The van der Waals surface area contributed by atoms with Crippen LogP contribution in [0.15, 0.2) is 0 Å². The molecule has 0 aromatic rings. The summed E-state index contributed by atoms with van der Waals surface area (Å²) in [4.78, 5) is 12.8. The molecule has 20 heavy (non-hydrogen) atoms. The van der Waals surface area contributed by atoms with Crippen molar-refractivity contribution >= 4 is 5.78 Å². The number of aliphatic hydroxyl groups is 1. The van der Waals surface area contributed by atoms with Crippen LogP contribution in [-0.4, -0.2) is 41.9 Å². The molecule has 0 amide bonds. The van der Waals surface area contributed by atoms with Gasteiger partial charge in [-0.05, 0) is 38.5 Å². The Kier molecular flexibility index (Phi) is 4.16. The van der Waals surface area contributed by atoms with Crippen molar-refractivity contribution in [3.8, 4) is 0 Å². The maximum absolute atomic E-state index is 12.8. The molecule has 1 unspecified atom stereocenters. The lowest BCUT2D eigenvalue weighted by Crippen LogP contribution is -2.51. The van der Waals surface area contributed by atoms with Crippen LogP contribution in [0.5, 0.6) is 0 Å². The van der Waals surface area contributed by atoms with E-state index in [0.717, 1.165) is 58.2 Å². The Labute approximate surface area is 120 Å². The molecular formula is C16H26O4. The van der Waals surface area contributed by atoms with E-state index in [0.29, 0.717) is 19.4 Å². The van der Waals surface area contributed by atoms with E-state index in [9.17, 15) is 9.90 Å². The molecule has 1 atom stereocenters. The highest BCUT2D eigenvalue weighted by molar-refractivity contribution is 5.89. The lowest BCUT2D eigenvalue weighted by molar-refractivity contribution is -0.168. The van der Waals surface area contributed by atoms with E-state index in [1.54, 1.807) is 0 Å². The summed E-state index contributed by atoms with van der Waals surface area (Å²) in [7, 11) is 0. The Balaban J connectivity index is 1.68. The fourth-order valence-electron chi connectivity index (χ4n) is 4.11. The van der Waals surface area contributed by atoms with Crippen molar-refractivity contribution in [1.29, 1.82) is 0 Å². The molecule has 0 bridgehead atoms. The van der Waals surface area contributed by atoms with Crippen molar-refractivity contribution < 1.29 is 19.4 Å². The normalized spacial score (nSPS) is 33.0. The van der Waals surface area contributed by atoms with Crippen LogP contribution in [0.3, 0.4) is 0 Å². The average Bonchev–Trinajstić information content (AvgIpc) is 2.48. The van der Waals surface area contributed by atoms with Gasteiger partial charge < -0.3 is 14.6 Å². The van der Waals surface area contributed by atoms with Crippen molar-refractivity contribution in [3.63, 3.8) is 0 Å². The first-order valence-electron chi connectivity index (χ1n) is 8.12. The molecule has 3 fully saturated rings. The van der Waals surface area contributed by atoms with E-state index in [2.05, 4.69) is 0 Å². The smallest absolute Gasteiger partial charge is 0.167 e. The zero-order valence-electron chi connectivity index (χ0n) is 12.2. The predicted octanol–water partition coefficient (Wildman–Crippen LogP) is 2.23. The first kappa shape index (κ1) is 14.5. The molecule has 114 valence electrons. The van der Waals surface area contributed by atoms with Crippen LogP contribution >= 0.6 is 0 Å². The van der Waals surface area contributed by atoms with Gasteiger partial charge in [-0.25, -0.2) is 0 Å². The summed E-state index contributed by atoms with van der Waals surface area (Å²) < 4.78 is 11.4. The summed E-state index contributed by atoms with van der Waals surface area (Å²) in [5.41, 5.74) is -1.21. The molecule has 0 radical (unpaired) electrons. The van der Waals surface area contributed by atoms with E-state index in [1.165, 1.54) is 0 Å². The van der Waals surface area contributed by atoms with Gasteiger partial charge in [0.15, 0.2) is 5.78 Å². The summed E-state index contributed by atoms with van der Waals surface area (Å²) >= 11 is 0. The van der Waals surface area contributed by atoms with Gasteiger partial charge in [0.05, 0.1) is 5.60 Å². The molecule has 4 nitrogen and oxygen atoms in total. The molecule has 3 aliphatic rings. The van der Waals surface area contributed by atoms with Gasteiger partial charge in [0.25, 0.3) is 0 Å². The van der Waals surface area contributed by atoms with Gasteiger partial charge in [0, 0.05) is 25.7 Å². The molecule has 1 saturated carbocycles. The number of rotatable bonds is 2. The zero-order chi connectivity index (χ0) is 14.1. The van der Waals surface area contributed by atoms with Crippen molar-refractivity contribution in [3.05, 3.63) is 0 Å². The topological polar surface area (TPSA) is 55.8 Å². The summed E-state index contributed by atoms with van der Waals surface area (Å²) in [6, 6.07) is 0. The zero-order valence-corrected chi connectivity index (χ0v) is 12.2. The van der Waals surface area contributed by atoms with Crippen molar-refractivity contribution in [2.75, 3.05) is 19.8 Å². The highest BCUT2D eigenvalue weighted by Crippen LogP contribution is 2.40. The maximum atomic E-state index is 12.8. The van der Waals surface area contributed by atoms with Crippen LogP contribution < -0.4 is 0 Å². The Morgan fingerprint density at radius 3 is 2.40 bits per heavy atom. The van der Waals surface area contributed by atoms with Crippen molar-refractivity contribution in [1.82, 2.24) is 0 Å². The predicted molar refractivity (Wildman–Crippen MR) is 74.5 cm³/mol. The second-order valence-corrected chi connectivity index (χ2v) is 6.79. The van der Waals surface area contributed by atoms with Crippen LogP contribution in [0.4, 0.5) is 0 Å². The molecule has 2 saturated heterocycles. The standard InChI is InChI=1S/C16H26O4/c17-14(16(18)5-2-1-3-6-16)13-4-9-20-15(12-13)7-10-19-11-8-15/h13,18H,1-12H2. The SMILES string of the molecule is O=C(C1CCOC2(CCOCC2)C1)C1(O)CCCCC1. The second kappa shape index (κ2) is 5.74. The summed E-state index contributed by atoms with van der Waals surface area (Å²) in [6.45, 7) is 2.10. The molecule has 3 rings (SSSR count). The average molecular weight is 282 g/mol. The summed E-state index contributed by atoms with van der Waals surface area (Å²) in [5, 5.41) is 10.7. The van der Waals surface area contributed by atoms with Gasteiger partial charge in [0.1, 0.15) is 5.60 Å². The largest absolute Gasteiger partial charge is 0.382 e. The lowest BCUT2D eigenvalue weighted by atomic mass is 9.72. The fourth-order valence-corrected chi connectivity index (χ4v) is 4.11. The number of carbonyl (C=O) groups is 1. The third-order valence-electron chi connectivity index (χ3n) is 5.41. The molecule has 0 aromatic carbocycles. The van der Waals surface area contributed by atoms with Gasteiger partial charge in [-0.15, -0.1) is 0 Å². The Hall–Kier alpha value is -0.450. The Morgan fingerprint density at radius 2 is 1.70 bits per heavy atom. The second-order valence-electron chi connectivity index (χ2n) is 6.79. The van der Waals surface area contributed by atoms with Crippen molar-refractivity contribution in [2.45, 2.75) is 69.0 Å². The van der Waals surface area contributed by atoms with Crippen LogP contribution in [-0.2, 0) is 14.3 Å². The third-order valence-corrected chi connectivity index (χ3v) is 5.41. The van der Waals surface area contributed by atoms with Gasteiger partial charge in [0.2, 0.25) is 0 Å². The minimum atomic E-state index is -1.05. The van der Waals surface area contributed by atoms with E-state index >= 15 is 0 Å². The lowest BCUT2D eigenvalue weighted by Gasteiger charge is -2.44. The van der Waals surface area contributed by atoms with Gasteiger partial charge >= 0.3 is 0 Å². The minimum absolute atomic E-state index is 0.0232. The number of ketones is 1. The van der Waals surface area contributed by atoms with Crippen LogP contribution in [0.25, 0.3) is 0 Å². The molecular weight excluding hydrogens is 256 g/mol. The summed E-state index contributed by atoms with van der Waals surface area (Å²) in [5.74, 6) is 0.0660. The van der Waals surface area contributed by atoms with Crippen molar-refractivity contribution in [2.24, 2.45) is 5.92 Å². The number of ether oxygens (including phenoxy) is 2. The monoisotopic (exact) mass is 282 g/mol. The third kappa shape index (κ3) is 2.78. The highest BCUT2D eigenvalue weighted by atomic mass is 16.5. The minimum Gasteiger partial charge on any atom is -0.382 e. The number of hydrogen-bond acceptors (Lipinski definition) is 4. The molecule has 1 N–H and O–H groups in total. The van der Waals surface area contributed by atoms with Gasteiger partial charge in [-0.2, -0.15) is 0 Å². The molecule has 1 spiro atoms. The molecule has 2 heterocycles. The van der Waals surface area contributed by atoms with E-state index in [-0.39, 0.29) is 17.3 Å². The molecule has 0 aromatic heterocycles. The molecule has 1 aliphatic carbocycles. The van der Waals surface area contributed by atoms with E-state index in [4.69, 9.17) is 9.47 Å². The maximum Gasteiger partial charge on any atom is 0.167 e. The van der Waals surface area contributed by atoms with E-state index < -0.39 is 5.60 Å². The molecule has 2 aliphatic heterocycles. The van der Waals surface area contributed by atoms with Gasteiger partial charge in [-0.1, -0.05) is 19.3 Å². The first-order chi connectivity index (χ1) is 9.64. The van der Waals surface area contributed by atoms with Crippen LogP contribution in [0, 0.1) is 5.92 Å². The summed E-state index contributed by atoms with van der Waals surface area (Å²) in [6.07, 6.45) is 7.71. The Bertz CT molecular complexity index is 348.